The Morgan fingerprint density at radius 2 is 1.41 bits per heavy atom. The molecule has 3 N–H and O–H groups in total. The molecule has 0 aromatic rings. The Bertz CT molecular complexity index is 392. The van der Waals surface area contributed by atoms with Crippen LogP contribution in [0.25, 0.3) is 0 Å². The molecule has 22 heavy (non-hydrogen) atoms. The largest absolute Gasteiger partial charge is 0.417 e. The van der Waals surface area contributed by atoms with Crippen LogP contribution in [0.2, 0.25) is 0 Å². The molecule has 0 radical (unpaired) electrons. The Morgan fingerprint density at radius 3 is 1.68 bits per heavy atom. The number of aliphatic hydroxyl groups is 2. The van der Waals surface area contributed by atoms with Gasteiger partial charge in [0.15, 0.2) is 5.60 Å². The number of nitrogens with one attached hydrogen (secondary N) is 1. The van der Waals surface area contributed by atoms with Crippen LogP contribution in [0.3, 0.4) is 0 Å². The van der Waals surface area contributed by atoms with E-state index in [0.29, 0.717) is 6.92 Å². The van der Waals surface area contributed by atoms with E-state index in [9.17, 15) is 28.2 Å². The molecule has 0 aromatic heterocycles. The number of halogens is 3. The summed E-state index contributed by atoms with van der Waals surface area (Å²) in [5, 5.41) is 22.2. The minimum absolute atomic E-state index is 0.554. The summed E-state index contributed by atoms with van der Waals surface area (Å²) in [7, 11) is 0. The average molecular weight is 327 g/mol. The lowest BCUT2D eigenvalue weighted by molar-refractivity contribution is -0.253. The van der Waals surface area contributed by atoms with Gasteiger partial charge in [-0.1, -0.05) is 41.5 Å². The van der Waals surface area contributed by atoms with Gasteiger partial charge in [0.05, 0.1) is 18.6 Å². The zero-order valence-electron chi connectivity index (χ0n) is 14.3. The van der Waals surface area contributed by atoms with Crippen molar-refractivity contribution >= 4 is 5.91 Å². The first kappa shape index (κ1) is 21.2. The van der Waals surface area contributed by atoms with E-state index in [4.69, 9.17) is 0 Å². The molecule has 0 aliphatic heterocycles. The van der Waals surface area contributed by atoms with Crippen molar-refractivity contribution in [1.29, 1.82) is 0 Å². The Kier molecular flexibility index (Phi) is 6.12. The van der Waals surface area contributed by atoms with Crippen LogP contribution in [0.1, 0.15) is 54.9 Å². The number of hydrogen-bond donors (Lipinski definition) is 3. The van der Waals surface area contributed by atoms with Gasteiger partial charge in [-0.15, -0.1) is 0 Å². The summed E-state index contributed by atoms with van der Waals surface area (Å²) in [4.78, 5) is 11.9. The molecule has 0 spiro atoms. The molecular weight excluding hydrogens is 299 g/mol. The maximum Gasteiger partial charge on any atom is 0.417 e. The van der Waals surface area contributed by atoms with E-state index in [1.807, 2.05) is 0 Å². The van der Waals surface area contributed by atoms with Gasteiger partial charge in [-0.05, 0) is 17.8 Å². The molecule has 3 unspecified atom stereocenters. The molecule has 4 nitrogen and oxygen atoms in total. The highest BCUT2D eigenvalue weighted by Crippen LogP contribution is 2.34. The van der Waals surface area contributed by atoms with E-state index in [0.717, 1.165) is 0 Å². The molecule has 0 heterocycles. The predicted octanol–water partition coefficient (Wildman–Crippen LogP) is 2.63. The number of hydrogen-bond acceptors (Lipinski definition) is 3. The first-order valence-electron chi connectivity index (χ1n) is 7.16. The van der Waals surface area contributed by atoms with E-state index in [2.05, 4.69) is 5.32 Å². The molecular formula is C15H28F3NO3. The second-order valence-electron chi connectivity index (χ2n) is 8.17. The SMILES string of the molecule is CC(C)(C)C(O)C(NC(=O)CC(C)(O)C(F)(F)F)C(C)(C)C. The number of amides is 1. The van der Waals surface area contributed by atoms with Crippen LogP contribution in [0.15, 0.2) is 0 Å². The van der Waals surface area contributed by atoms with Gasteiger partial charge in [0.2, 0.25) is 5.91 Å². The van der Waals surface area contributed by atoms with Gasteiger partial charge in [-0.25, -0.2) is 0 Å². The average Bonchev–Trinajstić information content (AvgIpc) is 2.19. The van der Waals surface area contributed by atoms with Gasteiger partial charge >= 0.3 is 6.18 Å². The third-order valence-corrected chi connectivity index (χ3v) is 3.57. The van der Waals surface area contributed by atoms with Crippen molar-refractivity contribution in [3.8, 4) is 0 Å². The Hall–Kier alpha value is -0.820. The summed E-state index contributed by atoms with van der Waals surface area (Å²) < 4.78 is 37.9. The van der Waals surface area contributed by atoms with Crippen molar-refractivity contribution in [2.45, 2.75) is 78.8 Å². The number of carbonyl (C=O) groups is 1. The van der Waals surface area contributed by atoms with E-state index >= 15 is 0 Å². The lowest BCUT2D eigenvalue weighted by atomic mass is 9.74. The van der Waals surface area contributed by atoms with Crippen molar-refractivity contribution in [3.05, 3.63) is 0 Å². The predicted molar refractivity (Wildman–Crippen MR) is 78.1 cm³/mol. The normalized spacial score (nSPS) is 19.3. The van der Waals surface area contributed by atoms with E-state index in [-0.39, 0.29) is 0 Å². The molecule has 1 amide bonds. The van der Waals surface area contributed by atoms with Crippen molar-refractivity contribution in [2.24, 2.45) is 10.8 Å². The van der Waals surface area contributed by atoms with Crippen molar-refractivity contribution in [2.75, 3.05) is 0 Å². The summed E-state index contributed by atoms with van der Waals surface area (Å²) >= 11 is 0. The topological polar surface area (TPSA) is 69.6 Å². The minimum atomic E-state index is -4.90. The fourth-order valence-corrected chi connectivity index (χ4v) is 1.91. The fourth-order valence-electron chi connectivity index (χ4n) is 1.91. The van der Waals surface area contributed by atoms with Gasteiger partial charge in [-0.3, -0.25) is 4.79 Å². The molecule has 0 saturated carbocycles. The van der Waals surface area contributed by atoms with Gasteiger partial charge in [0.25, 0.3) is 0 Å². The van der Waals surface area contributed by atoms with Gasteiger partial charge in [0, 0.05) is 0 Å². The molecule has 0 rings (SSSR count). The zero-order valence-corrected chi connectivity index (χ0v) is 14.3. The number of alkyl halides is 3. The first-order valence-corrected chi connectivity index (χ1v) is 7.16. The quantitative estimate of drug-likeness (QED) is 0.743. The van der Waals surface area contributed by atoms with Crippen LogP contribution in [0.5, 0.6) is 0 Å². The van der Waals surface area contributed by atoms with E-state index in [1.54, 1.807) is 41.5 Å². The minimum Gasteiger partial charge on any atom is -0.390 e. The Morgan fingerprint density at radius 1 is 1.00 bits per heavy atom. The highest BCUT2D eigenvalue weighted by atomic mass is 19.4. The fraction of sp³-hybridized carbons (Fsp3) is 0.933. The summed E-state index contributed by atoms with van der Waals surface area (Å²) in [6.45, 7) is 11.2. The number of carbonyl (C=O) groups excluding carboxylic acids is 1. The third-order valence-electron chi connectivity index (χ3n) is 3.57. The van der Waals surface area contributed by atoms with Gasteiger partial charge in [0.1, 0.15) is 0 Å². The van der Waals surface area contributed by atoms with Gasteiger partial charge < -0.3 is 15.5 Å². The molecule has 0 saturated heterocycles. The number of rotatable bonds is 4. The van der Waals surface area contributed by atoms with Crippen molar-refractivity contribution < 1.29 is 28.2 Å². The summed E-state index contributed by atoms with van der Waals surface area (Å²) in [6, 6.07) is -0.746. The third kappa shape index (κ3) is 5.76. The van der Waals surface area contributed by atoms with Crippen molar-refractivity contribution in [3.63, 3.8) is 0 Å². The summed E-state index contributed by atoms with van der Waals surface area (Å²) in [5.74, 6) is -0.953. The lowest BCUT2D eigenvalue weighted by Crippen LogP contribution is -2.57. The van der Waals surface area contributed by atoms with Crippen LogP contribution in [-0.4, -0.2) is 40.0 Å². The Balaban J connectivity index is 5.17. The van der Waals surface area contributed by atoms with Crippen LogP contribution in [0.4, 0.5) is 13.2 Å². The number of aliphatic hydroxyl groups excluding tert-OH is 1. The van der Waals surface area contributed by atoms with Crippen LogP contribution in [-0.2, 0) is 4.79 Å². The highest BCUT2D eigenvalue weighted by molar-refractivity contribution is 5.77. The molecule has 0 aliphatic rings. The molecule has 7 heteroatoms. The zero-order chi connectivity index (χ0) is 18.1. The summed E-state index contributed by atoms with van der Waals surface area (Å²) in [6.07, 6.45) is -6.96. The maximum atomic E-state index is 12.6. The summed E-state index contributed by atoms with van der Waals surface area (Å²) in [5.41, 5.74) is -4.23. The first-order chi connectivity index (χ1) is 9.39. The lowest BCUT2D eigenvalue weighted by Gasteiger charge is -2.41. The maximum absolute atomic E-state index is 12.6. The van der Waals surface area contributed by atoms with Crippen molar-refractivity contribution in [1.82, 2.24) is 5.32 Å². The van der Waals surface area contributed by atoms with Crippen LogP contribution in [0, 0.1) is 10.8 Å². The smallest absolute Gasteiger partial charge is 0.390 e. The van der Waals surface area contributed by atoms with E-state index < -0.39 is 47.1 Å². The molecule has 0 aromatic carbocycles. The molecule has 0 fully saturated rings. The standard InChI is InChI=1S/C15H28F3NO3/c1-12(2,3)10(11(21)13(4,5)6)19-9(20)8-14(7,22)15(16,17)18/h10-11,21-22H,8H2,1-7H3,(H,19,20). The van der Waals surface area contributed by atoms with Gasteiger partial charge in [-0.2, -0.15) is 13.2 Å². The van der Waals surface area contributed by atoms with Crippen LogP contribution >= 0.6 is 0 Å². The molecule has 132 valence electrons. The highest BCUT2D eigenvalue weighted by Gasteiger charge is 2.51. The molecule has 0 aliphatic carbocycles. The molecule has 3 atom stereocenters. The Labute approximate surface area is 130 Å². The van der Waals surface area contributed by atoms with E-state index in [1.165, 1.54) is 0 Å². The molecule has 0 bridgehead atoms. The second kappa shape index (κ2) is 6.35. The second-order valence-corrected chi connectivity index (χ2v) is 8.17. The monoisotopic (exact) mass is 327 g/mol. The van der Waals surface area contributed by atoms with Crippen LogP contribution < -0.4 is 5.32 Å².